The molecule has 170 valence electrons. The summed E-state index contributed by atoms with van der Waals surface area (Å²) in [6, 6.07) is 18.2. The van der Waals surface area contributed by atoms with E-state index in [0.29, 0.717) is 29.1 Å². The van der Waals surface area contributed by atoms with E-state index in [-0.39, 0.29) is 24.1 Å². The number of methoxy groups -OCH3 is 1. The zero-order valence-corrected chi connectivity index (χ0v) is 19.9. The first-order valence-corrected chi connectivity index (χ1v) is 11.5. The number of ether oxygens (including phenoxy) is 1. The van der Waals surface area contributed by atoms with Gasteiger partial charge in [-0.15, -0.1) is 0 Å². The number of nitrogens with zero attached hydrogens (tertiary/aromatic N) is 1. The lowest BCUT2D eigenvalue weighted by molar-refractivity contribution is -0.125. The average molecular weight is 511 g/mol. The standard InChI is InChI=1S/C26H24BrFN2O3/c1-16-15-18(27)5-13-23(16)29-26(32)22-12-14-24(31)30(20-8-10-21(33-2)11-9-20)25(22)17-3-6-19(28)7-4-17/h3-11,13,15,22,25H,12,14H2,1-2H3,(H,29,32)/t22-,25-/m0/s1. The fraction of sp³-hybridized carbons (Fsp3) is 0.231. The van der Waals surface area contributed by atoms with Crippen molar-refractivity contribution in [2.45, 2.75) is 25.8 Å². The van der Waals surface area contributed by atoms with Crippen LogP contribution in [0, 0.1) is 18.7 Å². The number of halogens is 2. The van der Waals surface area contributed by atoms with Gasteiger partial charge in [-0.3, -0.25) is 9.59 Å². The van der Waals surface area contributed by atoms with Crippen LogP contribution in [0.1, 0.15) is 30.0 Å². The van der Waals surface area contributed by atoms with E-state index in [4.69, 9.17) is 4.74 Å². The first kappa shape index (κ1) is 23.0. The molecule has 1 aliphatic heterocycles. The van der Waals surface area contributed by atoms with E-state index in [0.717, 1.165) is 10.0 Å². The van der Waals surface area contributed by atoms with Gasteiger partial charge in [0.25, 0.3) is 0 Å². The van der Waals surface area contributed by atoms with Crippen LogP contribution in [0.25, 0.3) is 0 Å². The minimum atomic E-state index is -0.573. The van der Waals surface area contributed by atoms with Gasteiger partial charge in [-0.05, 0) is 79.1 Å². The molecule has 2 amide bonds. The van der Waals surface area contributed by atoms with E-state index in [1.165, 1.54) is 12.1 Å². The molecule has 0 radical (unpaired) electrons. The molecule has 0 aromatic heterocycles. The van der Waals surface area contributed by atoms with E-state index in [1.54, 1.807) is 48.4 Å². The van der Waals surface area contributed by atoms with Crippen LogP contribution in [0.2, 0.25) is 0 Å². The van der Waals surface area contributed by atoms with Gasteiger partial charge in [-0.25, -0.2) is 4.39 Å². The number of hydrogen-bond donors (Lipinski definition) is 1. The van der Waals surface area contributed by atoms with Crippen molar-refractivity contribution in [3.05, 3.63) is 88.1 Å². The Hall–Kier alpha value is -3.19. The summed E-state index contributed by atoms with van der Waals surface area (Å²) in [5, 5.41) is 3.03. The van der Waals surface area contributed by atoms with Gasteiger partial charge in [0.15, 0.2) is 0 Å². The zero-order chi connectivity index (χ0) is 23.5. The number of piperidine rings is 1. The highest BCUT2D eigenvalue weighted by atomic mass is 79.9. The summed E-state index contributed by atoms with van der Waals surface area (Å²) in [6.07, 6.45) is 0.635. The molecule has 0 saturated carbocycles. The second-order valence-corrected chi connectivity index (χ2v) is 8.97. The first-order chi connectivity index (χ1) is 15.9. The van der Waals surface area contributed by atoms with Gasteiger partial charge < -0.3 is 15.0 Å². The van der Waals surface area contributed by atoms with Crippen molar-refractivity contribution < 1.29 is 18.7 Å². The molecule has 0 aliphatic carbocycles. The molecular weight excluding hydrogens is 487 g/mol. The Bertz CT molecular complexity index is 1170. The van der Waals surface area contributed by atoms with Crippen molar-refractivity contribution >= 4 is 39.1 Å². The summed E-state index contributed by atoms with van der Waals surface area (Å²) in [7, 11) is 1.58. The van der Waals surface area contributed by atoms with Gasteiger partial charge in [-0.1, -0.05) is 28.1 Å². The largest absolute Gasteiger partial charge is 0.497 e. The molecule has 1 heterocycles. The molecule has 7 heteroatoms. The van der Waals surface area contributed by atoms with E-state index < -0.39 is 12.0 Å². The topological polar surface area (TPSA) is 58.6 Å². The summed E-state index contributed by atoms with van der Waals surface area (Å²) in [6.45, 7) is 1.92. The molecule has 0 unspecified atom stereocenters. The highest BCUT2D eigenvalue weighted by Gasteiger charge is 2.41. The lowest BCUT2D eigenvalue weighted by Gasteiger charge is -2.41. The minimum absolute atomic E-state index is 0.0848. The molecule has 1 saturated heterocycles. The number of benzene rings is 3. The maximum absolute atomic E-state index is 13.7. The van der Waals surface area contributed by atoms with Crippen LogP contribution < -0.4 is 15.0 Å². The predicted molar refractivity (Wildman–Crippen MR) is 130 cm³/mol. The van der Waals surface area contributed by atoms with E-state index in [2.05, 4.69) is 21.2 Å². The average Bonchev–Trinajstić information content (AvgIpc) is 2.81. The van der Waals surface area contributed by atoms with Crippen LogP contribution in [-0.4, -0.2) is 18.9 Å². The Morgan fingerprint density at radius 2 is 1.79 bits per heavy atom. The number of nitrogens with one attached hydrogen (secondary N) is 1. The van der Waals surface area contributed by atoms with Gasteiger partial charge in [0.2, 0.25) is 11.8 Å². The fourth-order valence-corrected chi connectivity index (χ4v) is 4.72. The molecule has 2 atom stereocenters. The van der Waals surface area contributed by atoms with Gasteiger partial charge in [-0.2, -0.15) is 0 Å². The van der Waals surface area contributed by atoms with Crippen molar-refractivity contribution in [2.24, 2.45) is 5.92 Å². The molecule has 0 spiro atoms. The second-order valence-electron chi connectivity index (χ2n) is 8.05. The van der Waals surface area contributed by atoms with Crippen molar-refractivity contribution in [3.8, 4) is 5.75 Å². The monoisotopic (exact) mass is 510 g/mol. The van der Waals surface area contributed by atoms with Crippen LogP contribution in [-0.2, 0) is 9.59 Å². The number of carbonyl (C=O) groups excluding carboxylic acids is 2. The lowest BCUT2D eigenvalue weighted by atomic mass is 9.83. The van der Waals surface area contributed by atoms with Crippen molar-refractivity contribution in [1.82, 2.24) is 0 Å². The van der Waals surface area contributed by atoms with Crippen LogP contribution in [0.5, 0.6) is 5.75 Å². The molecule has 3 aromatic carbocycles. The van der Waals surface area contributed by atoms with E-state index in [9.17, 15) is 14.0 Å². The smallest absolute Gasteiger partial charge is 0.229 e. The summed E-state index contributed by atoms with van der Waals surface area (Å²) in [5.41, 5.74) is 3.00. The molecule has 33 heavy (non-hydrogen) atoms. The van der Waals surface area contributed by atoms with Crippen molar-refractivity contribution in [1.29, 1.82) is 0 Å². The third-order valence-electron chi connectivity index (χ3n) is 5.94. The van der Waals surface area contributed by atoms with Crippen LogP contribution in [0.3, 0.4) is 0 Å². The van der Waals surface area contributed by atoms with Crippen molar-refractivity contribution in [2.75, 3.05) is 17.3 Å². The Labute approximate surface area is 200 Å². The van der Waals surface area contributed by atoms with Gasteiger partial charge >= 0.3 is 0 Å². The van der Waals surface area contributed by atoms with E-state index in [1.807, 2.05) is 25.1 Å². The molecule has 0 bridgehead atoms. The Morgan fingerprint density at radius 3 is 2.42 bits per heavy atom. The van der Waals surface area contributed by atoms with E-state index >= 15 is 0 Å². The van der Waals surface area contributed by atoms with Gasteiger partial charge in [0, 0.05) is 22.3 Å². The number of amides is 2. The SMILES string of the molecule is COc1ccc(N2C(=O)CC[C@H](C(=O)Nc3ccc(Br)cc3C)[C@@H]2c2ccc(F)cc2)cc1. The molecule has 1 fully saturated rings. The molecule has 5 nitrogen and oxygen atoms in total. The number of carbonyl (C=O) groups is 2. The lowest BCUT2D eigenvalue weighted by Crippen LogP contribution is -2.47. The fourth-order valence-electron chi connectivity index (χ4n) is 4.25. The Balaban J connectivity index is 1.73. The van der Waals surface area contributed by atoms with Crippen LogP contribution in [0.15, 0.2) is 71.2 Å². The second kappa shape index (κ2) is 9.75. The van der Waals surface area contributed by atoms with Crippen LogP contribution >= 0.6 is 15.9 Å². The highest BCUT2D eigenvalue weighted by molar-refractivity contribution is 9.10. The quantitative estimate of drug-likeness (QED) is 0.455. The maximum Gasteiger partial charge on any atom is 0.229 e. The molecule has 4 rings (SSSR count). The van der Waals surface area contributed by atoms with Gasteiger partial charge in [0.05, 0.1) is 19.1 Å². The predicted octanol–water partition coefficient (Wildman–Crippen LogP) is 6.03. The number of aryl methyl sites for hydroxylation is 1. The Morgan fingerprint density at radius 1 is 1.09 bits per heavy atom. The molecule has 1 aliphatic rings. The Kier molecular flexibility index (Phi) is 6.79. The third-order valence-corrected chi connectivity index (χ3v) is 6.44. The number of anilines is 2. The normalized spacial score (nSPS) is 18.2. The summed E-state index contributed by atoms with van der Waals surface area (Å²) in [4.78, 5) is 28.2. The van der Waals surface area contributed by atoms with Crippen LogP contribution in [0.4, 0.5) is 15.8 Å². The summed E-state index contributed by atoms with van der Waals surface area (Å²) < 4.78 is 19.8. The van der Waals surface area contributed by atoms with Crippen molar-refractivity contribution in [3.63, 3.8) is 0 Å². The van der Waals surface area contributed by atoms with Gasteiger partial charge in [0.1, 0.15) is 11.6 Å². The maximum atomic E-state index is 13.7. The number of hydrogen-bond acceptors (Lipinski definition) is 3. The number of rotatable bonds is 5. The summed E-state index contributed by atoms with van der Waals surface area (Å²) in [5.74, 6) is -0.484. The zero-order valence-electron chi connectivity index (χ0n) is 18.3. The minimum Gasteiger partial charge on any atom is -0.497 e. The molecule has 3 aromatic rings. The molecule has 1 N–H and O–H groups in total. The third kappa shape index (κ3) is 4.93. The summed E-state index contributed by atoms with van der Waals surface area (Å²) >= 11 is 3.44. The first-order valence-electron chi connectivity index (χ1n) is 10.7. The molecular formula is C26H24BrFN2O3. The highest BCUT2D eigenvalue weighted by Crippen LogP contribution is 2.41.